The Morgan fingerprint density at radius 3 is 3.09 bits per heavy atom. The summed E-state index contributed by atoms with van der Waals surface area (Å²) in [6.45, 7) is 0.843. The van der Waals surface area contributed by atoms with Gasteiger partial charge in [0.05, 0.1) is 24.9 Å². The van der Waals surface area contributed by atoms with Crippen LogP contribution in [0, 0.1) is 0 Å². The lowest BCUT2D eigenvalue weighted by molar-refractivity contribution is -0.116. The average Bonchev–Trinajstić information content (AvgIpc) is 2.75. The number of benzene rings is 1. The van der Waals surface area contributed by atoms with Crippen LogP contribution in [0.5, 0.6) is 5.75 Å². The van der Waals surface area contributed by atoms with Gasteiger partial charge in [0.1, 0.15) is 11.4 Å². The molecule has 0 spiro atoms. The van der Waals surface area contributed by atoms with Crippen molar-refractivity contribution in [2.75, 3.05) is 18.5 Å². The van der Waals surface area contributed by atoms with Gasteiger partial charge in [-0.3, -0.25) is 14.6 Å². The van der Waals surface area contributed by atoms with Crippen LogP contribution >= 0.6 is 0 Å². The Morgan fingerprint density at radius 1 is 1.35 bits per heavy atom. The van der Waals surface area contributed by atoms with E-state index in [9.17, 15) is 9.59 Å². The van der Waals surface area contributed by atoms with Crippen molar-refractivity contribution in [3.05, 3.63) is 48.0 Å². The van der Waals surface area contributed by atoms with E-state index in [1.165, 1.54) is 18.6 Å². The van der Waals surface area contributed by atoms with Crippen LogP contribution in [0.25, 0.3) is 0 Å². The molecule has 7 heteroatoms. The van der Waals surface area contributed by atoms with Crippen LogP contribution < -0.4 is 15.4 Å². The molecule has 1 aromatic carbocycles. The fraction of sp³-hybridized carbons (Fsp3) is 0.250. The molecule has 0 bridgehead atoms. The zero-order valence-corrected chi connectivity index (χ0v) is 12.4. The molecule has 0 radical (unpaired) electrons. The van der Waals surface area contributed by atoms with E-state index < -0.39 is 0 Å². The van der Waals surface area contributed by atoms with Crippen LogP contribution in [0.3, 0.4) is 0 Å². The summed E-state index contributed by atoms with van der Waals surface area (Å²) >= 11 is 0. The minimum Gasteiger partial charge on any atom is -0.491 e. The molecule has 1 aliphatic heterocycles. The number of aromatic nitrogens is 2. The second-order valence-electron chi connectivity index (χ2n) is 5.07. The molecule has 2 heterocycles. The molecule has 0 unspecified atom stereocenters. The lowest BCUT2D eigenvalue weighted by Crippen LogP contribution is -2.26. The maximum Gasteiger partial charge on any atom is 0.271 e. The Morgan fingerprint density at radius 2 is 2.26 bits per heavy atom. The zero-order chi connectivity index (χ0) is 16.1. The molecule has 2 aromatic rings. The van der Waals surface area contributed by atoms with Gasteiger partial charge in [0.25, 0.3) is 5.91 Å². The first-order valence-electron chi connectivity index (χ1n) is 7.32. The third-order valence-corrected chi connectivity index (χ3v) is 3.40. The number of amides is 2. The van der Waals surface area contributed by atoms with Gasteiger partial charge in [-0.25, -0.2) is 4.98 Å². The fourth-order valence-corrected chi connectivity index (χ4v) is 2.25. The van der Waals surface area contributed by atoms with Crippen LogP contribution in [0.4, 0.5) is 5.69 Å². The van der Waals surface area contributed by atoms with Crippen molar-refractivity contribution in [1.29, 1.82) is 0 Å². The number of nitrogens with one attached hydrogen (secondary N) is 2. The molecule has 3 rings (SSSR count). The van der Waals surface area contributed by atoms with Gasteiger partial charge in [-0.15, -0.1) is 0 Å². The molecule has 0 saturated carbocycles. The van der Waals surface area contributed by atoms with Gasteiger partial charge < -0.3 is 15.4 Å². The highest BCUT2D eigenvalue weighted by Gasteiger charge is 2.14. The summed E-state index contributed by atoms with van der Waals surface area (Å²) in [6.07, 6.45) is 5.39. The Bertz CT molecular complexity index is 719. The molecular weight excluding hydrogens is 296 g/mol. The number of nitrogens with zero attached hydrogens (tertiary/aromatic N) is 2. The van der Waals surface area contributed by atoms with Gasteiger partial charge in [-0.2, -0.15) is 0 Å². The highest BCUT2D eigenvalue weighted by molar-refractivity contribution is 5.93. The SMILES string of the molecule is O=C1CCOc2ccc(CCNC(=O)c3cnccn3)cc2N1. The van der Waals surface area contributed by atoms with Crippen LogP contribution in [-0.4, -0.2) is 34.9 Å². The molecule has 1 aromatic heterocycles. The first-order valence-corrected chi connectivity index (χ1v) is 7.32. The molecule has 0 atom stereocenters. The second-order valence-corrected chi connectivity index (χ2v) is 5.07. The molecule has 1 aliphatic rings. The van der Waals surface area contributed by atoms with Gasteiger partial charge in [0.2, 0.25) is 5.91 Å². The number of hydrogen-bond acceptors (Lipinski definition) is 5. The zero-order valence-electron chi connectivity index (χ0n) is 12.4. The monoisotopic (exact) mass is 312 g/mol. The number of carbonyl (C=O) groups excluding carboxylic acids is 2. The Labute approximate surface area is 133 Å². The third-order valence-electron chi connectivity index (χ3n) is 3.40. The molecule has 0 aliphatic carbocycles. The first kappa shape index (κ1) is 15.0. The van der Waals surface area contributed by atoms with E-state index in [1.807, 2.05) is 18.2 Å². The van der Waals surface area contributed by atoms with Crippen molar-refractivity contribution in [2.45, 2.75) is 12.8 Å². The molecule has 0 saturated heterocycles. The lowest BCUT2D eigenvalue weighted by atomic mass is 10.1. The molecular formula is C16H16N4O3. The summed E-state index contributed by atoms with van der Waals surface area (Å²) < 4.78 is 5.51. The summed E-state index contributed by atoms with van der Waals surface area (Å²) in [7, 11) is 0. The minimum absolute atomic E-state index is 0.0585. The van der Waals surface area contributed by atoms with Gasteiger partial charge in [-0.1, -0.05) is 6.07 Å². The van der Waals surface area contributed by atoms with Gasteiger partial charge >= 0.3 is 0 Å². The maximum atomic E-state index is 11.9. The van der Waals surface area contributed by atoms with Crippen LogP contribution in [-0.2, 0) is 11.2 Å². The summed E-state index contributed by atoms with van der Waals surface area (Å²) in [5.74, 6) is 0.351. The van der Waals surface area contributed by atoms with Crippen LogP contribution in [0.1, 0.15) is 22.5 Å². The smallest absolute Gasteiger partial charge is 0.271 e. The van der Waals surface area contributed by atoms with E-state index in [2.05, 4.69) is 20.6 Å². The molecule has 0 fully saturated rings. The van der Waals surface area contributed by atoms with Crippen LogP contribution in [0.15, 0.2) is 36.8 Å². The van der Waals surface area contributed by atoms with E-state index >= 15 is 0 Å². The van der Waals surface area contributed by atoms with E-state index in [-0.39, 0.29) is 17.5 Å². The van der Waals surface area contributed by atoms with E-state index in [4.69, 9.17) is 4.74 Å². The second kappa shape index (κ2) is 6.87. The number of hydrogen-bond donors (Lipinski definition) is 2. The Balaban J connectivity index is 1.59. The predicted molar refractivity (Wildman–Crippen MR) is 83.3 cm³/mol. The van der Waals surface area contributed by atoms with Crippen molar-refractivity contribution in [3.63, 3.8) is 0 Å². The first-order chi connectivity index (χ1) is 11.2. The third kappa shape index (κ3) is 3.82. The van der Waals surface area contributed by atoms with Crippen molar-refractivity contribution in [3.8, 4) is 5.75 Å². The van der Waals surface area contributed by atoms with Crippen LogP contribution in [0.2, 0.25) is 0 Å². The Kier molecular flexibility index (Phi) is 4.46. The maximum absolute atomic E-state index is 11.9. The lowest BCUT2D eigenvalue weighted by Gasteiger charge is -2.10. The van der Waals surface area contributed by atoms with Crippen molar-refractivity contribution in [2.24, 2.45) is 0 Å². The highest BCUT2D eigenvalue weighted by Crippen LogP contribution is 2.28. The number of fused-ring (bicyclic) bond motifs is 1. The molecule has 7 nitrogen and oxygen atoms in total. The van der Waals surface area contributed by atoms with E-state index in [1.54, 1.807) is 0 Å². The summed E-state index contributed by atoms with van der Waals surface area (Å²) in [5, 5.41) is 5.61. The molecule has 118 valence electrons. The standard InChI is InChI=1S/C16H16N4O3/c21-15-4-8-23-14-2-1-11(9-12(14)20-15)3-5-19-16(22)13-10-17-6-7-18-13/h1-2,6-7,9-10H,3-5,8H2,(H,19,22)(H,20,21). The largest absolute Gasteiger partial charge is 0.491 e. The number of ether oxygens (including phenoxy) is 1. The van der Waals surface area contributed by atoms with Gasteiger partial charge in [0.15, 0.2) is 0 Å². The topological polar surface area (TPSA) is 93.2 Å². The van der Waals surface area contributed by atoms with Gasteiger partial charge in [0, 0.05) is 18.9 Å². The Hall–Kier alpha value is -2.96. The van der Waals surface area contributed by atoms with Gasteiger partial charge in [-0.05, 0) is 24.1 Å². The molecule has 2 N–H and O–H groups in total. The summed E-state index contributed by atoms with van der Waals surface area (Å²) in [6, 6.07) is 5.62. The number of anilines is 1. The van der Waals surface area contributed by atoms with E-state index in [0.717, 1.165) is 5.56 Å². The normalized spacial score (nSPS) is 13.3. The minimum atomic E-state index is -0.260. The number of carbonyl (C=O) groups is 2. The summed E-state index contributed by atoms with van der Waals surface area (Å²) in [4.78, 5) is 31.2. The predicted octanol–water partition coefficient (Wildman–Crippen LogP) is 1.17. The van der Waals surface area contributed by atoms with Crippen molar-refractivity contribution in [1.82, 2.24) is 15.3 Å². The quantitative estimate of drug-likeness (QED) is 0.884. The fourth-order valence-electron chi connectivity index (χ4n) is 2.25. The van der Waals surface area contributed by atoms with Crippen molar-refractivity contribution >= 4 is 17.5 Å². The van der Waals surface area contributed by atoms with E-state index in [0.29, 0.717) is 37.4 Å². The molecule has 23 heavy (non-hydrogen) atoms. The highest BCUT2D eigenvalue weighted by atomic mass is 16.5. The average molecular weight is 312 g/mol. The summed E-state index contributed by atoms with van der Waals surface area (Å²) in [5.41, 5.74) is 1.95. The van der Waals surface area contributed by atoms with Crippen molar-refractivity contribution < 1.29 is 14.3 Å². The molecule has 2 amide bonds. The number of rotatable bonds is 4.